The zero-order valence-corrected chi connectivity index (χ0v) is 18.2. The van der Waals surface area contributed by atoms with Gasteiger partial charge in [-0.2, -0.15) is 5.10 Å². The summed E-state index contributed by atoms with van der Waals surface area (Å²) in [5.41, 5.74) is 2.00. The fourth-order valence-electron chi connectivity index (χ4n) is 4.69. The van der Waals surface area contributed by atoms with Crippen molar-refractivity contribution in [3.05, 3.63) is 36.3 Å². The van der Waals surface area contributed by atoms with Crippen molar-refractivity contribution in [2.45, 2.75) is 25.4 Å². The summed E-state index contributed by atoms with van der Waals surface area (Å²) in [7, 11) is 0. The third-order valence-corrected chi connectivity index (χ3v) is 7.29. The molecule has 0 bridgehead atoms. The first-order valence-electron chi connectivity index (χ1n) is 10.7. The highest BCUT2D eigenvalue weighted by atomic mass is 32.2. The summed E-state index contributed by atoms with van der Waals surface area (Å²) in [4.78, 5) is 23.9. The van der Waals surface area contributed by atoms with E-state index in [1.54, 1.807) is 6.20 Å². The molecule has 1 N–H and O–H groups in total. The topological polar surface area (TPSA) is 69.5 Å². The minimum Gasteiger partial charge on any atom is -0.354 e. The number of thioether (sulfide) groups is 1. The summed E-state index contributed by atoms with van der Waals surface area (Å²) in [5, 5.41) is 8.17. The van der Waals surface area contributed by atoms with Crippen LogP contribution in [0.25, 0.3) is 5.69 Å². The van der Waals surface area contributed by atoms with Crippen LogP contribution < -0.4 is 10.2 Å². The minimum atomic E-state index is -0.0126. The van der Waals surface area contributed by atoms with Crippen LogP contribution in [0.3, 0.4) is 0 Å². The quantitative estimate of drug-likeness (QED) is 0.779. The Kier molecular flexibility index (Phi) is 5.66. The molecule has 2 atom stereocenters. The van der Waals surface area contributed by atoms with E-state index in [4.69, 9.17) is 0 Å². The smallest absolute Gasteiger partial charge is 0.240 e. The predicted molar refractivity (Wildman–Crippen MR) is 119 cm³/mol. The lowest BCUT2D eigenvalue weighted by atomic mass is 10.1. The van der Waals surface area contributed by atoms with Crippen molar-refractivity contribution in [1.82, 2.24) is 29.9 Å². The molecular formula is C21H29N7OS. The summed E-state index contributed by atoms with van der Waals surface area (Å²) in [6.07, 6.45) is 4.56. The monoisotopic (exact) mass is 427 g/mol. The number of aromatic nitrogens is 3. The van der Waals surface area contributed by atoms with Crippen molar-refractivity contribution >= 4 is 23.5 Å². The van der Waals surface area contributed by atoms with Crippen LogP contribution in [-0.2, 0) is 4.79 Å². The van der Waals surface area contributed by atoms with E-state index < -0.39 is 0 Å². The molecular weight excluding hydrogens is 398 g/mol. The van der Waals surface area contributed by atoms with Crippen LogP contribution in [0.1, 0.15) is 12.1 Å². The van der Waals surface area contributed by atoms with Gasteiger partial charge in [0.15, 0.2) is 0 Å². The van der Waals surface area contributed by atoms with E-state index in [-0.39, 0.29) is 11.9 Å². The van der Waals surface area contributed by atoms with Crippen LogP contribution in [0.2, 0.25) is 0 Å². The number of aryl methyl sites for hydroxylation is 1. The first-order valence-corrected chi connectivity index (χ1v) is 11.9. The van der Waals surface area contributed by atoms with E-state index in [1.807, 2.05) is 46.6 Å². The Morgan fingerprint density at radius 1 is 1.23 bits per heavy atom. The van der Waals surface area contributed by atoms with E-state index >= 15 is 0 Å². The fourth-order valence-corrected chi connectivity index (χ4v) is 5.64. The Labute approximate surface area is 181 Å². The van der Waals surface area contributed by atoms with Crippen molar-refractivity contribution in [2.24, 2.45) is 0 Å². The van der Waals surface area contributed by atoms with Gasteiger partial charge in [0.05, 0.1) is 29.5 Å². The van der Waals surface area contributed by atoms with E-state index in [0.717, 1.165) is 74.5 Å². The number of carbonyl (C=O) groups excluding carboxylic acids is 1. The van der Waals surface area contributed by atoms with Crippen molar-refractivity contribution in [3.8, 4) is 5.69 Å². The van der Waals surface area contributed by atoms with Crippen molar-refractivity contribution in [2.75, 3.05) is 55.8 Å². The molecule has 2 aromatic heterocycles. The number of nitrogens with one attached hydrogen (secondary N) is 1. The number of anilines is 1. The SMILES string of the molecule is Cc1cc(N2CCN([C@@H]3CN[C@H](C(=O)N4CCSC4)C3)CC2)n(-c2cccnc2)n1. The zero-order chi connectivity index (χ0) is 20.5. The Morgan fingerprint density at radius 3 is 2.83 bits per heavy atom. The third kappa shape index (κ3) is 3.93. The standard InChI is InChI=1S/C21H29N7OS/c1-16-11-20(28(24-16)17-3-2-4-22-13-17)26-7-5-25(6-8-26)18-12-19(23-14-18)21(29)27-9-10-30-15-27/h2-4,11,13,18-19,23H,5-10,12,14-15H2,1H3/t18-,19-/m0/s1. The molecule has 3 fully saturated rings. The molecule has 0 aliphatic carbocycles. The number of hydrogen-bond acceptors (Lipinski definition) is 7. The number of carbonyl (C=O) groups is 1. The van der Waals surface area contributed by atoms with Gasteiger partial charge in [-0.1, -0.05) is 0 Å². The number of rotatable bonds is 4. The Hall–Kier alpha value is -2.10. The van der Waals surface area contributed by atoms with Gasteiger partial charge in [-0.25, -0.2) is 4.68 Å². The number of nitrogens with zero attached hydrogens (tertiary/aromatic N) is 6. The lowest BCUT2D eigenvalue weighted by Gasteiger charge is -2.38. The highest BCUT2D eigenvalue weighted by Crippen LogP contribution is 2.25. The second kappa shape index (κ2) is 8.56. The van der Waals surface area contributed by atoms with E-state index in [0.29, 0.717) is 6.04 Å². The Balaban J connectivity index is 1.20. The lowest BCUT2D eigenvalue weighted by molar-refractivity contribution is -0.131. The highest BCUT2D eigenvalue weighted by molar-refractivity contribution is 7.99. The molecule has 5 rings (SSSR count). The third-order valence-electron chi connectivity index (χ3n) is 6.33. The molecule has 9 heteroatoms. The van der Waals surface area contributed by atoms with Gasteiger partial charge in [0.1, 0.15) is 5.82 Å². The maximum absolute atomic E-state index is 12.7. The molecule has 0 unspecified atom stereocenters. The number of pyridine rings is 1. The molecule has 0 aromatic carbocycles. The van der Waals surface area contributed by atoms with E-state index in [1.165, 1.54) is 0 Å². The number of amides is 1. The Bertz CT molecular complexity index is 875. The summed E-state index contributed by atoms with van der Waals surface area (Å²) < 4.78 is 2.00. The Morgan fingerprint density at radius 2 is 2.10 bits per heavy atom. The van der Waals surface area contributed by atoms with Gasteiger partial charge in [0.2, 0.25) is 5.91 Å². The zero-order valence-electron chi connectivity index (χ0n) is 17.4. The van der Waals surface area contributed by atoms with Gasteiger partial charge in [-0.05, 0) is 25.5 Å². The molecule has 3 aliphatic heterocycles. The van der Waals surface area contributed by atoms with Gasteiger partial charge in [0.25, 0.3) is 0 Å². The highest BCUT2D eigenvalue weighted by Gasteiger charge is 2.36. The van der Waals surface area contributed by atoms with Crippen LogP contribution in [-0.4, -0.2) is 93.5 Å². The first-order chi connectivity index (χ1) is 14.7. The normalized spacial score (nSPS) is 25.2. The molecule has 160 valence electrons. The van der Waals surface area contributed by atoms with E-state index in [2.05, 4.69) is 31.3 Å². The van der Waals surface area contributed by atoms with Gasteiger partial charge < -0.3 is 15.1 Å². The summed E-state index contributed by atoms with van der Waals surface area (Å²) in [5.74, 6) is 3.34. The van der Waals surface area contributed by atoms with Crippen LogP contribution in [0.5, 0.6) is 0 Å². The summed E-state index contributed by atoms with van der Waals surface area (Å²) >= 11 is 1.85. The van der Waals surface area contributed by atoms with Gasteiger partial charge >= 0.3 is 0 Å². The number of hydrogen-bond donors (Lipinski definition) is 1. The van der Waals surface area contributed by atoms with Crippen LogP contribution in [0, 0.1) is 6.92 Å². The molecule has 8 nitrogen and oxygen atoms in total. The van der Waals surface area contributed by atoms with E-state index in [9.17, 15) is 4.79 Å². The molecule has 1 amide bonds. The number of piperazine rings is 1. The molecule has 0 saturated carbocycles. The van der Waals surface area contributed by atoms with Crippen molar-refractivity contribution in [3.63, 3.8) is 0 Å². The van der Waals surface area contributed by atoms with Crippen LogP contribution in [0.15, 0.2) is 30.6 Å². The predicted octanol–water partition coefficient (Wildman–Crippen LogP) is 0.961. The van der Waals surface area contributed by atoms with Gasteiger partial charge in [-0.3, -0.25) is 14.7 Å². The molecule has 30 heavy (non-hydrogen) atoms. The maximum Gasteiger partial charge on any atom is 0.240 e. The summed E-state index contributed by atoms with van der Waals surface area (Å²) in [6.45, 7) is 7.77. The van der Waals surface area contributed by atoms with Crippen molar-refractivity contribution in [1.29, 1.82) is 0 Å². The average Bonchev–Trinajstić information content (AvgIpc) is 3.55. The van der Waals surface area contributed by atoms with Crippen LogP contribution in [0.4, 0.5) is 5.82 Å². The fraction of sp³-hybridized carbons (Fsp3) is 0.571. The van der Waals surface area contributed by atoms with Gasteiger partial charge in [-0.15, -0.1) is 11.8 Å². The molecule has 0 spiro atoms. The average molecular weight is 428 g/mol. The molecule has 5 heterocycles. The largest absolute Gasteiger partial charge is 0.354 e. The van der Waals surface area contributed by atoms with Crippen LogP contribution >= 0.6 is 11.8 Å². The minimum absolute atomic E-state index is 0.0126. The second-order valence-corrected chi connectivity index (χ2v) is 9.35. The van der Waals surface area contributed by atoms with Gasteiger partial charge in [0, 0.05) is 63.3 Å². The molecule has 0 radical (unpaired) electrons. The summed E-state index contributed by atoms with van der Waals surface area (Å²) in [6, 6.07) is 6.57. The molecule has 3 aliphatic rings. The lowest BCUT2D eigenvalue weighted by Crippen LogP contribution is -2.51. The first kappa shape index (κ1) is 19.8. The molecule has 3 saturated heterocycles. The second-order valence-electron chi connectivity index (χ2n) is 8.28. The maximum atomic E-state index is 12.7. The molecule has 2 aromatic rings. The van der Waals surface area contributed by atoms with Crippen molar-refractivity contribution < 1.29 is 4.79 Å².